The first-order valence-corrected chi connectivity index (χ1v) is 4.65. The molecule has 3 heteroatoms. The van der Waals surface area contributed by atoms with Crippen LogP contribution in [0.1, 0.15) is 18.5 Å². The van der Waals surface area contributed by atoms with Gasteiger partial charge in [-0.3, -0.25) is 0 Å². The van der Waals surface area contributed by atoms with Crippen molar-refractivity contribution in [3.05, 3.63) is 42.0 Å². The highest BCUT2D eigenvalue weighted by molar-refractivity contribution is 5.85. The molecule has 0 aliphatic carbocycles. The third kappa shape index (κ3) is 2.41. The first-order valence-electron chi connectivity index (χ1n) is 4.65. The Bertz CT molecular complexity index is 468. The highest BCUT2D eigenvalue weighted by Crippen LogP contribution is 2.22. The lowest BCUT2D eigenvalue weighted by Gasteiger charge is -2.06. The molecule has 0 heterocycles. The molecule has 0 aliphatic rings. The number of aromatic hydroxyl groups is 1. The van der Waals surface area contributed by atoms with Crippen LogP contribution in [0.3, 0.4) is 0 Å². The number of rotatable bonds is 1. The number of phenols is 1. The predicted molar refractivity (Wildman–Crippen MR) is 65.5 cm³/mol. The Kier molecular flexibility index (Phi) is 3.56. The number of hydrogen-bond acceptors (Lipinski definition) is 2. The first kappa shape index (κ1) is 11.8. The summed E-state index contributed by atoms with van der Waals surface area (Å²) < 4.78 is 0. The van der Waals surface area contributed by atoms with Gasteiger partial charge < -0.3 is 10.8 Å². The zero-order chi connectivity index (χ0) is 10.1. The second kappa shape index (κ2) is 4.51. The van der Waals surface area contributed by atoms with E-state index in [2.05, 4.69) is 6.07 Å². The van der Waals surface area contributed by atoms with Crippen LogP contribution in [0.4, 0.5) is 0 Å². The second-order valence-corrected chi connectivity index (χ2v) is 3.58. The number of benzene rings is 2. The van der Waals surface area contributed by atoms with Crippen LogP contribution < -0.4 is 5.73 Å². The lowest BCUT2D eigenvalue weighted by atomic mass is 10.0. The fourth-order valence-corrected chi connectivity index (χ4v) is 1.53. The molecule has 2 rings (SSSR count). The van der Waals surface area contributed by atoms with E-state index >= 15 is 0 Å². The zero-order valence-electron chi connectivity index (χ0n) is 8.47. The number of fused-ring (bicyclic) bond motifs is 1. The molecule has 0 bridgehead atoms. The summed E-state index contributed by atoms with van der Waals surface area (Å²) >= 11 is 0. The van der Waals surface area contributed by atoms with Gasteiger partial charge in [0, 0.05) is 6.04 Å². The molecule has 0 fully saturated rings. The van der Waals surface area contributed by atoms with Crippen molar-refractivity contribution < 1.29 is 5.11 Å². The quantitative estimate of drug-likeness (QED) is 0.781. The van der Waals surface area contributed by atoms with Crippen molar-refractivity contribution in [3.63, 3.8) is 0 Å². The van der Waals surface area contributed by atoms with Gasteiger partial charge in [0.15, 0.2) is 0 Å². The van der Waals surface area contributed by atoms with E-state index in [1.165, 1.54) is 0 Å². The maximum absolute atomic E-state index is 9.28. The molecule has 0 radical (unpaired) electrons. The summed E-state index contributed by atoms with van der Waals surface area (Å²) in [6.07, 6.45) is 0. The van der Waals surface area contributed by atoms with Crippen LogP contribution in [0.15, 0.2) is 36.4 Å². The minimum absolute atomic E-state index is 0. The van der Waals surface area contributed by atoms with Gasteiger partial charge in [0.1, 0.15) is 5.75 Å². The van der Waals surface area contributed by atoms with E-state index in [0.717, 1.165) is 16.3 Å². The molecular formula is C12H14ClNO. The topological polar surface area (TPSA) is 46.2 Å². The molecule has 0 aromatic heterocycles. The Morgan fingerprint density at radius 2 is 1.67 bits per heavy atom. The highest BCUT2D eigenvalue weighted by Gasteiger charge is 2.00. The largest absolute Gasteiger partial charge is 0.508 e. The molecule has 15 heavy (non-hydrogen) atoms. The summed E-state index contributed by atoms with van der Waals surface area (Å²) in [6, 6.07) is 11.4. The van der Waals surface area contributed by atoms with Gasteiger partial charge in [-0.1, -0.05) is 18.2 Å². The molecule has 0 amide bonds. The number of nitrogens with two attached hydrogens (primary N) is 1. The van der Waals surface area contributed by atoms with E-state index in [1.54, 1.807) is 12.1 Å². The molecule has 3 N–H and O–H groups in total. The van der Waals surface area contributed by atoms with Gasteiger partial charge in [0.25, 0.3) is 0 Å². The highest BCUT2D eigenvalue weighted by atomic mass is 35.5. The summed E-state index contributed by atoms with van der Waals surface area (Å²) in [5.74, 6) is 0.297. The molecule has 2 nitrogen and oxygen atoms in total. The van der Waals surface area contributed by atoms with Crippen molar-refractivity contribution in [1.29, 1.82) is 0 Å². The number of phenolic OH excluding ortho intramolecular Hbond substituents is 1. The maximum Gasteiger partial charge on any atom is 0.116 e. The van der Waals surface area contributed by atoms with Gasteiger partial charge in [-0.2, -0.15) is 0 Å². The van der Waals surface area contributed by atoms with Crippen LogP contribution in [-0.4, -0.2) is 5.11 Å². The minimum atomic E-state index is 0. The standard InChI is InChI=1S/C12H13NO.ClH/c1-8(13)9-2-3-11-7-12(14)5-4-10(11)6-9;/h2-8,14H,13H2,1H3;1H/t8-;/m0./s1. The Labute approximate surface area is 95.1 Å². The molecule has 0 saturated heterocycles. The molecule has 2 aromatic carbocycles. The Hall–Kier alpha value is -1.25. The molecule has 2 aromatic rings. The molecular weight excluding hydrogens is 210 g/mol. The van der Waals surface area contributed by atoms with Crippen LogP contribution in [-0.2, 0) is 0 Å². The van der Waals surface area contributed by atoms with Crippen molar-refractivity contribution in [1.82, 2.24) is 0 Å². The van der Waals surface area contributed by atoms with Crippen LogP contribution in [0.25, 0.3) is 10.8 Å². The molecule has 0 saturated carbocycles. The third-order valence-corrected chi connectivity index (χ3v) is 2.37. The van der Waals surface area contributed by atoms with Crippen molar-refractivity contribution in [3.8, 4) is 5.75 Å². The molecule has 0 spiro atoms. The lowest BCUT2D eigenvalue weighted by Crippen LogP contribution is -2.04. The van der Waals surface area contributed by atoms with Gasteiger partial charge in [-0.25, -0.2) is 0 Å². The van der Waals surface area contributed by atoms with Crippen LogP contribution in [0, 0.1) is 0 Å². The molecule has 80 valence electrons. The van der Waals surface area contributed by atoms with Gasteiger partial charge in [0.2, 0.25) is 0 Å². The van der Waals surface area contributed by atoms with E-state index in [1.807, 2.05) is 25.1 Å². The van der Waals surface area contributed by atoms with Crippen molar-refractivity contribution >= 4 is 23.2 Å². The normalized spacial score (nSPS) is 12.1. The van der Waals surface area contributed by atoms with Crippen molar-refractivity contribution in [2.24, 2.45) is 5.73 Å². The second-order valence-electron chi connectivity index (χ2n) is 3.58. The van der Waals surface area contributed by atoms with Crippen LogP contribution in [0.5, 0.6) is 5.75 Å². The van der Waals surface area contributed by atoms with Crippen LogP contribution in [0.2, 0.25) is 0 Å². The number of hydrogen-bond donors (Lipinski definition) is 2. The Morgan fingerprint density at radius 3 is 2.33 bits per heavy atom. The maximum atomic E-state index is 9.28. The summed E-state index contributed by atoms with van der Waals surface area (Å²) in [7, 11) is 0. The fraction of sp³-hybridized carbons (Fsp3) is 0.167. The zero-order valence-corrected chi connectivity index (χ0v) is 9.29. The Morgan fingerprint density at radius 1 is 1.07 bits per heavy atom. The summed E-state index contributed by atoms with van der Waals surface area (Å²) in [5, 5.41) is 11.4. The van der Waals surface area contributed by atoms with Gasteiger partial charge in [-0.15, -0.1) is 12.4 Å². The molecule has 0 unspecified atom stereocenters. The van der Waals surface area contributed by atoms with Gasteiger partial charge in [-0.05, 0) is 41.5 Å². The summed E-state index contributed by atoms with van der Waals surface area (Å²) in [5.41, 5.74) is 6.90. The lowest BCUT2D eigenvalue weighted by molar-refractivity contribution is 0.476. The Balaban J connectivity index is 0.00000112. The van der Waals surface area contributed by atoms with Crippen LogP contribution >= 0.6 is 12.4 Å². The minimum Gasteiger partial charge on any atom is -0.508 e. The summed E-state index contributed by atoms with van der Waals surface area (Å²) in [4.78, 5) is 0. The average molecular weight is 224 g/mol. The van der Waals surface area contributed by atoms with E-state index in [4.69, 9.17) is 5.73 Å². The van der Waals surface area contributed by atoms with Gasteiger partial charge in [0.05, 0.1) is 0 Å². The van der Waals surface area contributed by atoms with E-state index in [-0.39, 0.29) is 18.4 Å². The fourth-order valence-electron chi connectivity index (χ4n) is 1.53. The first-order chi connectivity index (χ1) is 6.66. The van der Waals surface area contributed by atoms with E-state index in [0.29, 0.717) is 5.75 Å². The molecule has 1 atom stereocenters. The monoisotopic (exact) mass is 223 g/mol. The van der Waals surface area contributed by atoms with Crippen molar-refractivity contribution in [2.75, 3.05) is 0 Å². The smallest absolute Gasteiger partial charge is 0.116 e. The molecule has 0 aliphatic heterocycles. The average Bonchev–Trinajstić information content (AvgIpc) is 2.16. The third-order valence-electron chi connectivity index (χ3n) is 2.37. The predicted octanol–water partition coefficient (Wildman–Crippen LogP) is 2.99. The van der Waals surface area contributed by atoms with E-state index < -0.39 is 0 Å². The summed E-state index contributed by atoms with van der Waals surface area (Å²) in [6.45, 7) is 1.96. The van der Waals surface area contributed by atoms with E-state index in [9.17, 15) is 5.11 Å². The number of halogens is 1. The SMILES string of the molecule is C[C@H](N)c1ccc2cc(O)ccc2c1.Cl. The van der Waals surface area contributed by atoms with Gasteiger partial charge >= 0.3 is 0 Å². The van der Waals surface area contributed by atoms with Crippen molar-refractivity contribution in [2.45, 2.75) is 13.0 Å².